The van der Waals surface area contributed by atoms with Crippen LogP contribution in [-0.2, 0) is 11.2 Å². The molecule has 4 heteroatoms. The van der Waals surface area contributed by atoms with Gasteiger partial charge in [-0.3, -0.25) is 4.79 Å². The summed E-state index contributed by atoms with van der Waals surface area (Å²) >= 11 is 0. The van der Waals surface area contributed by atoms with Crippen molar-refractivity contribution in [1.29, 1.82) is 0 Å². The average Bonchev–Trinajstić information content (AvgIpc) is 2.18. The third-order valence-electron chi connectivity index (χ3n) is 2.42. The van der Waals surface area contributed by atoms with Crippen LogP contribution in [-0.4, -0.2) is 17.1 Å². The van der Waals surface area contributed by atoms with Gasteiger partial charge in [0, 0.05) is 6.04 Å². The third kappa shape index (κ3) is 5.14. The average molecular weight is 244 g/mol. The summed E-state index contributed by atoms with van der Waals surface area (Å²) in [5, 5.41) is 8.74. The van der Waals surface area contributed by atoms with E-state index in [-0.39, 0.29) is 24.4 Å². The van der Waals surface area contributed by atoms with E-state index in [4.69, 9.17) is 10.8 Å². The van der Waals surface area contributed by atoms with Gasteiger partial charge in [-0.1, -0.05) is 37.3 Å². The van der Waals surface area contributed by atoms with Gasteiger partial charge < -0.3 is 10.8 Å². The molecule has 0 radical (unpaired) electrons. The Balaban J connectivity index is 0.00000225. The summed E-state index contributed by atoms with van der Waals surface area (Å²) in [7, 11) is 0. The predicted molar refractivity (Wildman–Crippen MR) is 66.8 cm³/mol. The van der Waals surface area contributed by atoms with Gasteiger partial charge in [-0.05, 0) is 18.4 Å². The highest BCUT2D eigenvalue weighted by Gasteiger charge is 2.15. The molecule has 0 aromatic heterocycles. The van der Waals surface area contributed by atoms with Crippen LogP contribution in [0.4, 0.5) is 0 Å². The van der Waals surface area contributed by atoms with Crippen molar-refractivity contribution in [3.8, 4) is 0 Å². The highest BCUT2D eigenvalue weighted by molar-refractivity contribution is 5.85. The van der Waals surface area contributed by atoms with Gasteiger partial charge >= 0.3 is 5.97 Å². The van der Waals surface area contributed by atoms with E-state index in [1.807, 2.05) is 30.3 Å². The SMILES string of the molecule is CC(C[C@@H](N)Cc1ccccc1)C(=O)O.Cl. The largest absolute Gasteiger partial charge is 0.481 e. The summed E-state index contributed by atoms with van der Waals surface area (Å²) in [6.07, 6.45) is 1.25. The molecular weight excluding hydrogens is 226 g/mol. The molecule has 2 atom stereocenters. The molecule has 0 saturated heterocycles. The first kappa shape index (κ1) is 14.9. The molecular formula is C12H18ClNO2. The van der Waals surface area contributed by atoms with Crippen molar-refractivity contribution in [2.75, 3.05) is 0 Å². The zero-order valence-corrected chi connectivity index (χ0v) is 10.1. The summed E-state index contributed by atoms with van der Waals surface area (Å²) in [5.41, 5.74) is 7.04. The molecule has 0 heterocycles. The van der Waals surface area contributed by atoms with E-state index in [0.29, 0.717) is 6.42 Å². The Hall–Kier alpha value is -1.06. The summed E-state index contributed by atoms with van der Waals surface area (Å²) in [6, 6.07) is 9.80. The van der Waals surface area contributed by atoms with Crippen LogP contribution in [0.25, 0.3) is 0 Å². The maximum atomic E-state index is 10.6. The first-order chi connectivity index (χ1) is 7.09. The summed E-state index contributed by atoms with van der Waals surface area (Å²) < 4.78 is 0. The van der Waals surface area contributed by atoms with E-state index in [9.17, 15) is 4.79 Å². The molecule has 0 aliphatic carbocycles. The van der Waals surface area contributed by atoms with Crippen molar-refractivity contribution in [2.24, 2.45) is 11.7 Å². The van der Waals surface area contributed by atoms with Crippen molar-refractivity contribution >= 4 is 18.4 Å². The number of halogens is 1. The van der Waals surface area contributed by atoms with Crippen molar-refractivity contribution in [3.05, 3.63) is 35.9 Å². The highest BCUT2D eigenvalue weighted by atomic mass is 35.5. The van der Waals surface area contributed by atoms with Gasteiger partial charge in [0.15, 0.2) is 0 Å². The van der Waals surface area contributed by atoms with Gasteiger partial charge in [0.05, 0.1) is 5.92 Å². The molecule has 1 aromatic rings. The molecule has 1 aromatic carbocycles. The molecule has 0 saturated carbocycles. The number of benzene rings is 1. The van der Waals surface area contributed by atoms with Gasteiger partial charge in [0.2, 0.25) is 0 Å². The third-order valence-corrected chi connectivity index (χ3v) is 2.42. The summed E-state index contributed by atoms with van der Waals surface area (Å²) in [6.45, 7) is 1.69. The summed E-state index contributed by atoms with van der Waals surface area (Å²) in [4.78, 5) is 10.6. The van der Waals surface area contributed by atoms with E-state index in [2.05, 4.69) is 0 Å². The predicted octanol–water partition coefficient (Wildman–Crippen LogP) is 2.09. The number of aliphatic carboxylic acids is 1. The van der Waals surface area contributed by atoms with E-state index in [1.54, 1.807) is 6.92 Å². The van der Waals surface area contributed by atoms with Crippen LogP contribution in [0.1, 0.15) is 18.9 Å². The van der Waals surface area contributed by atoms with E-state index in [0.717, 1.165) is 12.0 Å². The molecule has 0 bridgehead atoms. The molecule has 0 aliphatic rings. The fraction of sp³-hybridized carbons (Fsp3) is 0.417. The number of carboxylic acids is 1. The highest BCUT2D eigenvalue weighted by Crippen LogP contribution is 2.09. The van der Waals surface area contributed by atoms with Crippen LogP contribution in [0.15, 0.2) is 30.3 Å². The fourth-order valence-electron chi connectivity index (χ4n) is 1.56. The number of hydrogen-bond donors (Lipinski definition) is 2. The maximum Gasteiger partial charge on any atom is 0.306 e. The minimum absolute atomic E-state index is 0. The topological polar surface area (TPSA) is 63.3 Å². The molecule has 1 rings (SSSR count). The number of carbonyl (C=O) groups is 1. The zero-order chi connectivity index (χ0) is 11.3. The van der Waals surface area contributed by atoms with Gasteiger partial charge in [0.1, 0.15) is 0 Å². The van der Waals surface area contributed by atoms with Crippen molar-refractivity contribution < 1.29 is 9.90 Å². The monoisotopic (exact) mass is 243 g/mol. The van der Waals surface area contributed by atoms with Gasteiger partial charge in [-0.2, -0.15) is 0 Å². The number of hydrogen-bond acceptors (Lipinski definition) is 2. The number of nitrogens with two attached hydrogens (primary N) is 1. The lowest BCUT2D eigenvalue weighted by atomic mass is 9.97. The standard InChI is InChI=1S/C12H17NO2.ClH/c1-9(12(14)15)7-11(13)8-10-5-3-2-4-6-10;/h2-6,9,11H,7-8,13H2,1H3,(H,14,15);1H/t9?,11-;/m1./s1. The van der Waals surface area contributed by atoms with Gasteiger partial charge in [0.25, 0.3) is 0 Å². The van der Waals surface area contributed by atoms with Gasteiger partial charge in [-0.25, -0.2) is 0 Å². The second-order valence-corrected chi connectivity index (χ2v) is 3.92. The van der Waals surface area contributed by atoms with Crippen LogP contribution < -0.4 is 5.73 Å². The molecule has 16 heavy (non-hydrogen) atoms. The Morgan fingerprint density at radius 1 is 1.38 bits per heavy atom. The molecule has 90 valence electrons. The van der Waals surface area contributed by atoms with Crippen molar-refractivity contribution in [1.82, 2.24) is 0 Å². The Kier molecular flexibility index (Phi) is 6.77. The fourth-order valence-corrected chi connectivity index (χ4v) is 1.56. The first-order valence-electron chi connectivity index (χ1n) is 5.12. The van der Waals surface area contributed by atoms with Crippen LogP contribution in [0.2, 0.25) is 0 Å². The number of carboxylic acid groups (broad SMARTS) is 1. The lowest BCUT2D eigenvalue weighted by Crippen LogP contribution is -2.28. The first-order valence-corrected chi connectivity index (χ1v) is 5.12. The lowest BCUT2D eigenvalue weighted by Gasteiger charge is -2.14. The lowest BCUT2D eigenvalue weighted by molar-refractivity contribution is -0.141. The molecule has 1 unspecified atom stereocenters. The second-order valence-electron chi connectivity index (χ2n) is 3.92. The Bertz CT molecular complexity index is 316. The summed E-state index contributed by atoms with van der Waals surface area (Å²) in [5.74, 6) is -1.15. The molecule has 0 spiro atoms. The van der Waals surface area contributed by atoms with Crippen LogP contribution in [0, 0.1) is 5.92 Å². The van der Waals surface area contributed by atoms with E-state index < -0.39 is 5.97 Å². The smallest absolute Gasteiger partial charge is 0.306 e. The van der Waals surface area contributed by atoms with Crippen LogP contribution in [0.5, 0.6) is 0 Å². The Morgan fingerprint density at radius 3 is 2.44 bits per heavy atom. The van der Waals surface area contributed by atoms with E-state index in [1.165, 1.54) is 0 Å². The van der Waals surface area contributed by atoms with Crippen LogP contribution >= 0.6 is 12.4 Å². The minimum Gasteiger partial charge on any atom is -0.481 e. The molecule has 0 amide bonds. The zero-order valence-electron chi connectivity index (χ0n) is 9.30. The van der Waals surface area contributed by atoms with E-state index >= 15 is 0 Å². The van der Waals surface area contributed by atoms with Gasteiger partial charge in [-0.15, -0.1) is 12.4 Å². The van der Waals surface area contributed by atoms with Crippen molar-refractivity contribution in [2.45, 2.75) is 25.8 Å². The maximum absolute atomic E-state index is 10.6. The second kappa shape index (κ2) is 7.25. The Labute approximate surface area is 102 Å². The minimum atomic E-state index is -0.779. The molecule has 3 N–H and O–H groups in total. The molecule has 0 aliphatic heterocycles. The van der Waals surface area contributed by atoms with Crippen LogP contribution in [0.3, 0.4) is 0 Å². The Morgan fingerprint density at radius 2 is 1.94 bits per heavy atom. The number of rotatable bonds is 5. The molecule has 0 fully saturated rings. The van der Waals surface area contributed by atoms with Crippen molar-refractivity contribution in [3.63, 3.8) is 0 Å². The quantitative estimate of drug-likeness (QED) is 0.833. The molecule has 3 nitrogen and oxygen atoms in total. The normalized spacial score (nSPS) is 13.6.